The highest BCUT2D eigenvalue weighted by atomic mass is 35.5. The molecule has 0 radical (unpaired) electrons. The zero-order chi connectivity index (χ0) is 13.9. The Morgan fingerprint density at radius 2 is 2.06 bits per heavy atom. The van der Waals surface area contributed by atoms with Crippen molar-refractivity contribution in [3.8, 4) is 0 Å². The maximum Gasteiger partial charge on any atom is 0.293 e. The fourth-order valence-corrected chi connectivity index (χ4v) is 2.01. The van der Waals surface area contributed by atoms with Crippen molar-refractivity contribution in [3.63, 3.8) is 0 Å². The lowest BCUT2D eigenvalue weighted by atomic mass is 10.1. The standard InChI is InChI=1S/C13H22ClN3O/c1-10(2)16(8-6-14)11-12(18)17(9-7-15-11)13(3,4)5/h7,9-10H,6,8H2,1-5H3. The summed E-state index contributed by atoms with van der Waals surface area (Å²) in [6, 6.07) is 0.194. The molecular weight excluding hydrogens is 250 g/mol. The maximum absolute atomic E-state index is 12.5. The van der Waals surface area contributed by atoms with Gasteiger partial charge < -0.3 is 9.47 Å². The zero-order valence-corrected chi connectivity index (χ0v) is 12.5. The van der Waals surface area contributed by atoms with Crippen molar-refractivity contribution >= 4 is 17.4 Å². The predicted molar refractivity (Wildman–Crippen MR) is 76.7 cm³/mol. The summed E-state index contributed by atoms with van der Waals surface area (Å²) >= 11 is 5.79. The molecule has 0 bridgehead atoms. The van der Waals surface area contributed by atoms with Crippen LogP contribution >= 0.6 is 11.6 Å². The average molecular weight is 272 g/mol. The number of rotatable bonds is 4. The first kappa shape index (κ1) is 15.0. The molecule has 5 heteroatoms. The second-order valence-electron chi connectivity index (χ2n) is 5.57. The number of hydrogen-bond donors (Lipinski definition) is 0. The van der Waals surface area contributed by atoms with E-state index in [0.29, 0.717) is 18.2 Å². The third-order valence-corrected chi connectivity index (χ3v) is 2.94. The van der Waals surface area contributed by atoms with E-state index in [-0.39, 0.29) is 17.1 Å². The molecule has 102 valence electrons. The fourth-order valence-electron chi connectivity index (χ4n) is 1.83. The average Bonchev–Trinajstić information content (AvgIpc) is 2.24. The van der Waals surface area contributed by atoms with Crippen molar-refractivity contribution in [2.24, 2.45) is 0 Å². The van der Waals surface area contributed by atoms with Crippen LogP contribution in [0.15, 0.2) is 17.2 Å². The van der Waals surface area contributed by atoms with Gasteiger partial charge in [0.1, 0.15) is 0 Å². The lowest BCUT2D eigenvalue weighted by Crippen LogP contribution is -2.42. The normalized spacial score (nSPS) is 11.9. The minimum absolute atomic E-state index is 0.0659. The Labute approximate surface area is 114 Å². The Morgan fingerprint density at radius 3 is 2.50 bits per heavy atom. The first-order chi connectivity index (χ1) is 8.29. The molecule has 0 amide bonds. The molecule has 0 N–H and O–H groups in total. The van der Waals surface area contributed by atoms with Crippen molar-refractivity contribution < 1.29 is 0 Å². The minimum atomic E-state index is -0.252. The molecule has 1 heterocycles. The van der Waals surface area contributed by atoms with Gasteiger partial charge in [0.05, 0.1) is 0 Å². The molecule has 18 heavy (non-hydrogen) atoms. The largest absolute Gasteiger partial charge is 0.348 e. The summed E-state index contributed by atoms with van der Waals surface area (Å²) in [5, 5.41) is 0. The van der Waals surface area contributed by atoms with Crippen molar-refractivity contribution in [1.82, 2.24) is 9.55 Å². The lowest BCUT2D eigenvalue weighted by Gasteiger charge is -2.29. The van der Waals surface area contributed by atoms with Crippen LogP contribution in [0.3, 0.4) is 0 Å². The quantitative estimate of drug-likeness (QED) is 0.790. The van der Waals surface area contributed by atoms with Gasteiger partial charge in [0.2, 0.25) is 0 Å². The van der Waals surface area contributed by atoms with Crippen LogP contribution in [-0.2, 0) is 5.54 Å². The number of alkyl halides is 1. The second kappa shape index (κ2) is 5.74. The van der Waals surface area contributed by atoms with E-state index in [4.69, 9.17) is 11.6 Å². The molecule has 0 unspecified atom stereocenters. The van der Waals surface area contributed by atoms with Crippen LogP contribution in [-0.4, -0.2) is 28.0 Å². The molecule has 4 nitrogen and oxygen atoms in total. The molecular formula is C13H22ClN3O. The molecule has 0 atom stereocenters. The molecule has 0 saturated carbocycles. The summed E-state index contributed by atoms with van der Waals surface area (Å²) in [5.74, 6) is 0.951. The van der Waals surface area contributed by atoms with E-state index < -0.39 is 0 Å². The van der Waals surface area contributed by atoms with E-state index in [1.165, 1.54) is 0 Å². The van der Waals surface area contributed by atoms with Crippen LogP contribution in [0.4, 0.5) is 5.82 Å². The third kappa shape index (κ3) is 3.25. The SMILES string of the molecule is CC(C)N(CCCl)c1nccn(C(C)(C)C)c1=O. The highest BCUT2D eigenvalue weighted by Crippen LogP contribution is 2.14. The van der Waals surface area contributed by atoms with Crippen LogP contribution in [0.5, 0.6) is 0 Å². The number of nitrogens with zero attached hydrogens (tertiary/aromatic N) is 3. The topological polar surface area (TPSA) is 38.1 Å². The Kier molecular flexibility index (Phi) is 4.79. The van der Waals surface area contributed by atoms with Gasteiger partial charge in [-0.05, 0) is 34.6 Å². The molecule has 0 fully saturated rings. The van der Waals surface area contributed by atoms with Crippen LogP contribution in [0.2, 0.25) is 0 Å². The second-order valence-corrected chi connectivity index (χ2v) is 5.95. The van der Waals surface area contributed by atoms with Gasteiger partial charge in [0.25, 0.3) is 5.56 Å². The number of halogens is 1. The fraction of sp³-hybridized carbons (Fsp3) is 0.692. The third-order valence-electron chi connectivity index (χ3n) is 2.77. The molecule has 0 aliphatic heterocycles. The first-order valence-corrected chi connectivity index (χ1v) is 6.73. The summed E-state index contributed by atoms with van der Waals surface area (Å²) in [5.41, 5.74) is -0.318. The summed E-state index contributed by atoms with van der Waals surface area (Å²) in [4.78, 5) is 18.6. The molecule has 0 saturated heterocycles. The smallest absolute Gasteiger partial charge is 0.293 e. The molecule has 1 aromatic heterocycles. The van der Waals surface area contributed by atoms with E-state index in [1.807, 2.05) is 39.5 Å². The van der Waals surface area contributed by atoms with E-state index in [0.717, 1.165) is 0 Å². The van der Waals surface area contributed by atoms with Crippen LogP contribution < -0.4 is 10.5 Å². The van der Waals surface area contributed by atoms with Gasteiger partial charge in [-0.3, -0.25) is 4.79 Å². The summed E-state index contributed by atoms with van der Waals surface area (Å²) < 4.78 is 1.71. The zero-order valence-electron chi connectivity index (χ0n) is 11.8. The van der Waals surface area contributed by atoms with Crippen molar-refractivity contribution in [2.45, 2.75) is 46.2 Å². The minimum Gasteiger partial charge on any atom is -0.348 e. The highest BCUT2D eigenvalue weighted by Gasteiger charge is 2.20. The van der Waals surface area contributed by atoms with E-state index in [1.54, 1.807) is 17.0 Å². The van der Waals surface area contributed by atoms with Gasteiger partial charge in [0, 0.05) is 36.4 Å². The number of anilines is 1. The lowest BCUT2D eigenvalue weighted by molar-refractivity contribution is 0.382. The molecule has 0 spiro atoms. The van der Waals surface area contributed by atoms with Gasteiger partial charge in [-0.2, -0.15) is 0 Å². The van der Waals surface area contributed by atoms with Crippen LogP contribution in [0, 0.1) is 0 Å². The summed E-state index contributed by atoms with van der Waals surface area (Å²) in [6.45, 7) is 10.7. The number of hydrogen-bond acceptors (Lipinski definition) is 3. The molecule has 1 rings (SSSR count). The Balaban J connectivity index is 3.29. The van der Waals surface area contributed by atoms with Crippen molar-refractivity contribution in [3.05, 3.63) is 22.7 Å². The van der Waals surface area contributed by atoms with Crippen molar-refractivity contribution in [1.29, 1.82) is 0 Å². The summed E-state index contributed by atoms with van der Waals surface area (Å²) in [7, 11) is 0. The van der Waals surface area contributed by atoms with E-state index >= 15 is 0 Å². The first-order valence-electron chi connectivity index (χ1n) is 6.19. The predicted octanol–water partition coefficient (Wildman–Crippen LogP) is 2.45. The van der Waals surface area contributed by atoms with Gasteiger partial charge in [0.15, 0.2) is 5.82 Å². The summed E-state index contributed by atoms with van der Waals surface area (Å²) in [6.07, 6.45) is 3.40. The van der Waals surface area contributed by atoms with E-state index in [9.17, 15) is 4.79 Å². The monoisotopic (exact) mass is 271 g/mol. The molecule has 0 aromatic carbocycles. The van der Waals surface area contributed by atoms with Gasteiger partial charge in [-0.15, -0.1) is 11.6 Å². The Bertz CT molecular complexity index is 448. The van der Waals surface area contributed by atoms with Crippen LogP contribution in [0.1, 0.15) is 34.6 Å². The Hall–Kier alpha value is -1.03. The molecule has 0 aliphatic rings. The molecule has 0 aliphatic carbocycles. The van der Waals surface area contributed by atoms with E-state index in [2.05, 4.69) is 4.98 Å². The Morgan fingerprint density at radius 1 is 1.44 bits per heavy atom. The highest BCUT2D eigenvalue weighted by molar-refractivity contribution is 6.18. The van der Waals surface area contributed by atoms with Gasteiger partial charge in [-0.25, -0.2) is 4.98 Å². The van der Waals surface area contributed by atoms with Gasteiger partial charge in [-0.1, -0.05) is 0 Å². The number of aromatic nitrogens is 2. The maximum atomic E-state index is 12.5. The van der Waals surface area contributed by atoms with Crippen LogP contribution in [0.25, 0.3) is 0 Å². The van der Waals surface area contributed by atoms with Gasteiger partial charge >= 0.3 is 0 Å². The van der Waals surface area contributed by atoms with Crippen molar-refractivity contribution in [2.75, 3.05) is 17.3 Å². The molecule has 1 aromatic rings.